The molecule has 1 heterocycles. The maximum Gasteiger partial charge on any atom is 0.0791 e. The Kier molecular flexibility index (Phi) is 6.45. The standard InChI is InChI=1S/C15H23BrN2O2/c1-12(13-2-4-14(16)5-3-13)17-10-15(19)11-18-6-8-20-9-7-18/h2-5,12,15,17,19H,6-11H2,1H3/t12-,15?/m0/s1. The van der Waals surface area contributed by atoms with E-state index in [1.54, 1.807) is 0 Å². The van der Waals surface area contributed by atoms with Crippen molar-refractivity contribution in [1.29, 1.82) is 0 Å². The van der Waals surface area contributed by atoms with Crippen LogP contribution < -0.4 is 5.32 Å². The average molecular weight is 343 g/mol. The van der Waals surface area contributed by atoms with Crippen molar-refractivity contribution < 1.29 is 9.84 Å². The minimum atomic E-state index is -0.342. The maximum atomic E-state index is 10.1. The number of benzene rings is 1. The Morgan fingerprint density at radius 3 is 2.60 bits per heavy atom. The predicted octanol–water partition coefficient (Wildman–Crippen LogP) is 1.79. The second kappa shape index (κ2) is 8.10. The van der Waals surface area contributed by atoms with Gasteiger partial charge in [-0.25, -0.2) is 0 Å². The third-order valence-electron chi connectivity index (χ3n) is 3.60. The van der Waals surface area contributed by atoms with E-state index in [1.165, 1.54) is 5.56 Å². The number of hydrogen-bond acceptors (Lipinski definition) is 4. The van der Waals surface area contributed by atoms with Crippen molar-refractivity contribution >= 4 is 15.9 Å². The molecule has 1 unspecified atom stereocenters. The van der Waals surface area contributed by atoms with E-state index in [9.17, 15) is 5.11 Å². The smallest absolute Gasteiger partial charge is 0.0791 e. The summed E-state index contributed by atoms with van der Waals surface area (Å²) in [5.41, 5.74) is 1.23. The molecule has 1 aliphatic heterocycles. The second-order valence-electron chi connectivity index (χ2n) is 5.25. The van der Waals surface area contributed by atoms with Crippen LogP contribution in [0, 0.1) is 0 Å². The first-order valence-electron chi connectivity index (χ1n) is 7.12. The fraction of sp³-hybridized carbons (Fsp3) is 0.600. The van der Waals surface area contributed by atoms with Crippen molar-refractivity contribution in [3.8, 4) is 0 Å². The summed E-state index contributed by atoms with van der Waals surface area (Å²) in [6.45, 7) is 6.81. The Bertz CT molecular complexity index is 393. The molecular formula is C15H23BrN2O2. The van der Waals surface area contributed by atoms with Crippen molar-refractivity contribution in [2.24, 2.45) is 0 Å². The van der Waals surface area contributed by atoms with Crippen LogP contribution in [-0.2, 0) is 4.74 Å². The number of hydrogen-bond donors (Lipinski definition) is 2. The predicted molar refractivity (Wildman–Crippen MR) is 83.8 cm³/mol. The molecule has 4 nitrogen and oxygen atoms in total. The van der Waals surface area contributed by atoms with Gasteiger partial charge in [0.15, 0.2) is 0 Å². The first-order chi connectivity index (χ1) is 9.65. The lowest BCUT2D eigenvalue weighted by Crippen LogP contribution is -2.44. The van der Waals surface area contributed by atoms with Crippen molar-refractivity contribution in [3.05, 3.63) is 34.3 Å². The summed E-state index contributed by atoms with van der Waals surface area (Å²) in [5, 5.41) is 13.5. The van der Waals surface area contributed by atoms with Crippen LogP contribution in [0.3, 0.4) is 0 Å². The quantitative estimate of drug-likeness (QED) is 0.827. The fourth-order valence-corrected chi connectivity index (χ4v) is 2.59. The molecule has 2 rings (SSSR count). The zero-order valence-corrected chi connectivity index (χ0v) is 13.5. The van der Waals surface area contributed by atoms with Gasteiger partial charge in [0, 0.05) is 36.7 Å². The lowest BCUT2D eigenvalue weighted by molar-refractivity contribution is 0.0145. The molecule has 0 spiro atoms. The van der Waals surface area contributed by atoms with Crippen LogP contribution in [0.4, 0.5) is 0 Å². The molecular weight excluding hydrogens is 320 g/mol. The van der Waals surface area contributed by atoms with E-state index < -0.39 is 0 Å². The molecule has 2 N–H and O–H groups in total. The first kappa shape index (κ1) is 15.9. The monoisotopic (exact) mass is 342 g/mol. The van der Waals surface area contributed by atoms with Crippen molar-refractivity contribution in [1.82, 2.24) is 10.2 Å². The maximum absolute atomic E-state index is 10.1. The molecule has 1 fully saturated rings. The van der Waals surface area contributed by atoms with Gasteiger partial charge in [-0.05, 0) is 24.6 Å². The molecule has 0 aliphatic carbocycles. The van der Waals surface area contributed by atoms with Crippen molar-refractivity contribution in [3.63, 3.8) is 0 Å². The number of rotatable bonds is 6. The van der Waals surface area contributed by atoms with Crippen LogP contribution in [0.5, 0.6) is 0 Å². The molecule has 1 aromatic rings. The van der Waals surface area contributed by atoms with Gasteiger partial charge in [0.25, 0.3) is 0 Å². The van der Waals surface area contributed by atoms with Crippen molar-refractivity contribution in [2.75, 3.05) is 39.4 Å². The Morgan fingerprint density at radius 2 is 1.95 bits per heavy atom. The summed E-state index contributed by atoms with van der Waals surface area (Å²) >= 11 is 3.44. The molecule has 0 bridgehead atoms. The summed E-state index contributed by atoms with van der Waals surface area (Å²) in [6.07, 6.45) is -0.342. The summed E-state index contributed by atoms with van der Waals surface area (Å²) in [7, 11) is 0. The van der Waals surface area contributed by atoms with Crippen LogP contribution in [0.25, 0.3) is 0 Å². The molecule has 1 aromatic carbocycles. The van der Waals surface area contributed by atoms with Gasteiger partial charge >= 0.3 is 0 Å². The van der Waals surface area contributed by atoms with Gasteiger partial charge in [-0.2, -0.15) is 0 Å². The molecule has 20 heavy (non-hydrogen) atoms. The molecule has 2 atom stereocenters. The highest BCUT2D eigenvalue weighted by molar-refractivity contribution is 9.10. The van der Waals surface area contributed by atoms with E-state index in [2.05, 4.69) is 45.2 Å². The highest BCUT2D eigenvalue weighted by Crippen LogP contribution is 2.16. The molecule has 5 heteroatoms. The summed E-state index contributed by atoms with van der Waals surface area (Å²) < 4.78 is 6.39. The number of aliphatic hydroxyl groups is 1. The Balaban J connectivity index is 1.71. The number of nitrogens with one attached hydrogen (secondary N) is 1. The Morgan fingerprint density at radius 1 is 1.30 bits per heavy atom. The van der Waals surface area contributed by atoms with Crippen LogP contribution >= 0.6 is 15.9 Å². The molecule has 0 radical (unpaired) electrons. The number of ether oxygens (including phenoxy) is 1. The van der Waals surface area contributed by atoms with E-state index in [4.69, 9.17) is 4.74 Å². The Hall–Kier alpha value is -0.460. The third-order valence-corrected chi connectivity index (χ3v) is 4.13. The average Bonchev–Trinajstić information content (AvgIpc) is 2.46. The van der Waals surface area contributed by atoms with Gasteiger partial charge < -0.3 is 15.2 Å². The fourth-order valence-electron chi connectivity index (χ4n) is 2.33. The molecule has 1 aliphatic rings. The van der Waals surface area contributed by atoms with E-state index >= 15 is 0 Å². The van der Waals surface area contributed by atoms with Crippen LogP contribution in [0.1, 0.15) is 18.5 Å². The summed E-state index contributed by atoms with van der Waals surface area (Å²) in [5.74, 6) is 0. The van der Waals surface area contributed by atoms with E-state index in [0.717, 1.165) is 30.8 Å². The van der Waals surface area contributed by atoms with Gasteiger partial charge in [-0.1, -0.05) is 28.1 Å². The molecule has 0 saturated carbocycles. The number of β-amino-alcohol motifs (C(OH)–C–C–N with tert-alkyl or cyclic N) is 1. The zero-order valence-electron chi connectivity index (χ0n) is 11.9. The summed E-state index contributed by atoms with van der Waals surface area (Å²) in [6, 6.07) is 8.50. The highest BCUT2D eigenvalue weighted by atomic mass is 79.9. The lowest BCUT2D eigenvalue weighted by atomic mass is 10.1. The summed E-state index contributed by atoms with van der Waals surface area (Å²) in [4.78, 5) is 2.25. The highest BCUT2D eigenvalue weighted by Gasteiger charge is 2.15. The molecule has 0 aromatic heterocycles. The van der Waals surface area contributed by atoms with E-state index in [1.807, 2.05) is 12.1 Å². The number of morpholine rings is 1. The Labute approximate surface area is 129 Å². The largest absolute Gasteiger partial charge is 0.390 e. The number of aliphatic hydroxyl groups excluding tert-OH is 1. The SMILES string of the molecule is C[C@H](NCC(O)CN1CCOCC1)c1ccc(Br)cc1. The minimum absolute atomic E-state index is 0.238. The molecule has 0 amide bonds. The minimum Gasteiger partial charge on any atom is -0.390 e. The van der Waals surface area contributed by atoms with Gasteiger partial charge in [0.2, 0.25) is 0 Å². The van der Waals surface area contributed by atoms with Crippen LogP contribution in [0.2, 0.25) is 0 Å². The second-order valence-corrected chi connectivity index (χ2v) is 6.16. The van der Waals surface area contributed by atoms with Crippen molar-refractivity contribution in [2.45, 2.75) is 19.1 Å². The molecule has 1 saturated heterocycles. The van der Waals surface area contributed by atoms with Crippen LogP contribution in [-0.4, -0.2) is 55.5 Å². The van der Waals surface area contributed by atoms with E-state index in [0.29, 0.717) is 13.1 Å². The zero-order chi connectivity index (χ0) is 14.4. The topological polar surface area (TPSA) is 44.7 Å². The van der Waals surface area contributed by atoms with Gasteiger partial charge in [0.1, 0.15) is 0 Å². The lowest BCUT2D eigenvalue weighted by Gasteiger charge is -2.29. The normalized spacial score (nSPS) is 19.8. The van der Waals surface area contributed by atoms with Gasteiger partial charge in [0.05, 0.1) is 19.3 Å². The van der Waals surface area contributed by atoms with Gasteiger partial charge in [-0.15, -0.1) is 0 Å². The third kappa shape index (κ3) is 5.14. The van der Waals surface area contributed by atoms with Gasteiger partial charge in [-0.3, -0.25) is 4.90 Å². The molecule has 112 valence electrons. The van der Waals surface area contributed by atoms with E-state index in [-0.39, 0.29) is 12.1 Å². The van der Waals surface area contributed by atoms with Crippen LogP contribution in [0.15, 0.2) is 28.7 Å². The number of nitrogens with zero attached hydrogens (tertiary/aromatic N) is 1. The first-order valence-corrected chi connectivity index (χ1v) is 7.91. The number of halogens is 1.